The number of esters is 1. The van der Waals surface area contributed by atoms with Crippen LogP contribution in [0.5, 0.6) is 5.75 Å². The second-order valence-electron chi connectivity index (χ2n) is 8.67. The van der Waals surface area contributed by atoms with Gasteiger partial charge in [-0.05, 0) is 74.1 Å². The van der Waals surface area contributed by atoms with E-state index in [1.54, 1.807) is 0 Å². The lowest BCUT2D eigenvalue weighted by atomic mass is 9.49. The van der Waals surface area contributed by atoms with Crippen molar-refractivity contribution in [3.63, 3.8) is 0 Å². The summed E-state index contributed by atoms with van der Waals surface area (Å²) in [6.45, 7) is 11.6. The van der Waals surface area contributed by atoms with E-state index in [0.717, 1.165) is 45.2 Å². The van der Waals surface area contributed by atoms with Gasteiger partial charge in [0.15, 0.2) is 0 Å². The van der Waals surface area contributed by atoms with Crippen LogP contribution in [-0.4, -0.2) is 29.9 Å². The number of aryl methyl sites for hydroxylation is 1. The Morgan fingerprint density at radius 2 is 1.89 bits per heavy atom. The minimum Gasteiger partial charge on any atom is -0.427 e. The van der Waals surface area contributed by atoms with Crippen LogP contribution < -0.4 is 4.74 Å². The van der Waals surface area contributed by atoms with Crippen molar-refractivity contribution >= 4 is 11.9 Å². The fraction of sp³-hybridized carbons (Fsp3) is 0.652. The van der Waals surface area contributed by atoms with E-state index < -0.39 is 0 Å². The first-order valence-corrected chi connectivity index (χ1v) is 10.4. The fourth-order valence-corrected chi connectivity index (χ4v) is 5.80. The van der Waals surface area contributed by atoms with Gasteiger partial charge < -0.3 is 9.64 Å². The first-order chi connectivity index (χ1) is 12.8. The lowest BCUT2D eigenvalue weighted by Gasteiger charge is -2.55. The standard InChI is InChI=1S/C23H33NO3/c1-6-24(7-2)21(26)23(5)14-8-13-22(4)19-15-18(27-16(3)25)11-9-17(19)10-12-20(22)23/h9,11,15,20H,6-8,10,12-14H2,1-5H3. The Labute approximate surface area is 163 Å². The van der Waals surface area contributed by atoms with Gasteiger partial charge in [0.05, 0.1) is 5.41 Å². The maximum Gasteiger partial charge on any atom is 0.308 e. The number of benzene rings is 1. The molecule has 0 N–H and O–H groups in total. The van der Waals surface area contributed by atoms with Crippen LogP contribution in [0.15, 0.2) is 18.2 Å². The molecule has 4 nitrogen and oxygen atoms in total. The summed E-state index contributed by atoms with van der Waals surface area (Å²) in [5, 5.41) is 0. The topological polar surface area (TPSA) is 46.6 Å². The van der Waals surface area contributed by atoms with Gasteiger partial charge in [-0.3, -0.25) is 9.59 Å². The minimum absolute atomic E-state index is 0.0560. The van der Waals surface area contributed by atoms with E-state index in [0.29, 0.717) is 17.6 Å². The number of hydrogen-bond acceptors (Lipinski definition) is 3. The number of amides is 1. The molecular weight excluding hydrogens is 338 g/mol. The normalized spacial score (nSPS) is 29.4. The molecule has 1 amide bonds. The van der Waals surface area contributed by atoms with Gasteiger partial charge in [0.1, 0.15) is 5.75 Å². The highest BCUT2D eigenvalue weighted by Gasteiger charge is 2.55. The Morgan fingerprint density at radius 1 is 1.19 bits per heavy atom. The molecule has 3 atom stereocenters. The van der Waals surface area contributed by atoms with Crippen LogP contribution in [0.3, 0.4) is 0 Å². The Balaban J connectivity index is 2.02. The first-order valence-electron chi connectivity index (χ1n) is 10.4. The summed E-state index contributed by atoms with van der Waals surface area (Å²) in [4.78, 5) is 26.9. The monoisotopic (exact) mass is 371 g/mol. The number of ether oxygens (including phenoxy) is 1. The Morgan fingerprint density at radius 3 is 2.52 bits per heavy atom. The first kappa shape index (κ1) is 19.9. The van der Waals surface area contributed by atoms with Gasteiger partial charge in [-0.2, -0.15) is 0 Å². The third kappa shape index (κ3) is 3.28. The Hall–Kier alpha value is -1.84. The largest absolute Gasteiger partial charge is 0.427 e. The molecule has 2 aliphatic rings. The van der Waals surface area contributed by atoms with Crippen molar-refractivity contribution < 1.29 is 14.3 Å². The molecule has 27 heavy (non-hydrogen) atoms. The van der Waals surface area contributed by atoms with Gasteiger partial charge in [0.25, 0.3) is 0 Å². The molecule has 0 aliphatic heterocycles. The molecule has 4 heteroatoms. The Bertz CT molecular complexity index is 739. The number of carbonyl (C=O) groups is 2. The third-order valence-corrected chi connectivity index (χ3v) is 7.13. The predicted octanol–water partition coefficient (Wildman–Crippen LogP) is 4.49. The van der Waals surface area contributed by atoms with Gasteiger partial charge in [0, 0.05) is 20.0 Å². The van der Waals surface area contributed by atoms with E-state index in [4.69, 9.17) is 4.74 Å². The molecule has 0 bridgehead atoms. The number of fused-ring (bicyclic) bond motifs is 3. The fourth-order valence-electron chi connectivity index (χ4n) is 5.80. The van der Waals surface area contributed by atoms with Crippen LogP contribution in [0.1, 0.15) is 71.4 Å². The van der Waals surface area contributed by atoms with E-state index in [1.165, 1.54) is 18.1 Å². The molecule has 1 saturated carbocycles. The SMILES string of the molecule is CCN(CC)C(=O)C1(C)CCCC2(C)c3cc(OC(C)=O)ccc3CCC12. The lowest BCUT2D eigenvalue weighted by molar-refractivity contribution is -0.150. The van der Waals surface area contributed by atoms with E-state index >= 15 is 0 Å². The third-order valence-electron chi connectivity index (χ3n) is 7.13. The highest BCUT2D eigenvalue weighted by Crippen LogP contribution is 2.58. The van der Waals surface area contributed by atoms with Gasteiger partial charge in [0.2, 0.25) is 5.91 Å². The van der Waals surface area contributed by atoms with E-state index in [9.17, 15) is 9.59 Å². The number of hydrogen-bond donors (Lipinski definition) is 0. The van der Waals surface area contributed by atoms with Crippen molar-refractivity contribution in [3.05, 3.63) is 29.3 Å². The van der Waals surface area contributed by atoms with E-state index in [2.05, 4.69) is 39.8 Å². The maximum atomic E-state index is 13.5. The molecule has 148 valence electrons. The quantitative estimate of drug-likeness (QED) is 0.579. The Kier molecular flexibility index (Phi) is 5.38. The zero-order valence-electron chi connectivity index (χ0n) is 17.4. The molecule has 0 heterocycles. The van der Waals surface area contributed by atoms with Crippen LogP contribution >= 0.6 is 0 Å². The molecule has 1 aromatic rings. The van der Waals surface area contributed by atoms with Gasteiger partial charge in [-0.1, -0.05) is 26.3 Å². The summed E-state index contributed by atoms with van der Waals surface area (Å²) in [5.41, 5.74) is 2.23. The van der Waals surface area contributed by atoms with Crippen molar-refractivity contribution in [2.24, 2.45) is 11.3 Å². The summed E-state index contributed by atoms with van der Waals surface area (Å²) in [5.74, 6) is 0.943. The molecule has 2 aliphatic carbocycles. The summed E-state index contributed by atoms with van der Waals surface area (Å²) >= 11 is 0. The maximum absolute atomic E-state index is 13.5. The molecule has 0 spiro atoms. The molecule has 0 aromatic heterocycles. The highest BCUT2D eigenvalue weighted by molar-refractivity contribution is 5.83. The summed E-state index contributed by atoms with van der Waals surface area (Å²) < 4.78 is 5.36. The second-order valence-corrected chi connectivity index (χ2v) is 8.67. The number of rotatable bonds is 4. The summed E-state index contributed by atoms with van der Waals surface area (Å²) in [6, 6.07) is 6.05. The van der Waals surface area contributed by atoms with Gasteiger partial charge in [-0.25, -0.2) is 0 Å². The molecule has 1 fully saturated rings. The van der Waals surface area contributed by atoms with Gasteiger partial charge >= 0.3 is 5.97 Å². The van der Waals surface area contributed by atoms with Crippen molar-refractivity contribution in [2.75, 3.05) is 13.1 Å². The molecule has 3 unspecified atom stereocenters. The van der Waals surface area contributed by atoms with Crippen molar-refractivity contribution in [3.8, 4) is 5.75 Å². The van der Waals surface area contributed by atoms with Crippen LogP contribution in [0.4, 0.5) is 0 Å². The lowest BCUT2D eigenvalue weighted by Crippen LogP contribution is -2.56. The average molecular weight is 372 g/mol. The predicted molar refractivity (Wildman–Crippen MR) is 107 cm³/mol. The molecule has 3 rings (SSSR count). The van der Waals surface area contributed by atoms with Crippen molar-refractivity contribution in [1.82, 2.24) is 4.90 Å². The van der Waals surface area contributed by atoms with E-state index in [1.807, 2.05) is 11.0 Å². The average Bonchev–Trinajstić information content (AvgIpc) is 2.62. The molecule has 1 aromatic carbocycles. The van der Waals surface area contributed by atoms with Crippen LogP contribution in [0, 0.1) is 11.3 Å². The van der Waals surface area contributed by atoms with Crippen molar-refractivity contribution in [1.29, 1.82) is 0 Å². The molecule has 0 saturated heterocycles. The molecule has 0 radical (unpaired) electrons. The van der Waals surface area contributed by atoms with Crippen LogP contribution in [-0.2, 0) is 21.4 Å². The van der Waals surface area contributed by atoms with Crippen LogP contribution in [0.2, 0.25) is 0 Å². The summed E-state index contributed by atoms with van der Waals surface area (Å²) in [6.07, 6.45) is 5.11. The number of nitrogens with zero attached hydrogens (tertiary/aromatic N) is 1. The number of carbonyl (C=O) groups excluding carboxylic acids is 2. The highest BCUT2D eigenvalue weighted by atomic mass is 16.5. The zero-order valence-corrected chi connectivity index (χ0v) is 17.4. The minimum atomic E-state index is -0.325. The molecular formula is C23H33NO3. The smallest absolute Gasteiger partial charge is 0.308 e. The second kappa shape index (κ2) is 7.29. The summed E-state index contributed by atoms with van der Waals surface area (Å²) in [7, 11) is 0. The van der Waals surface area contributed by atoms with Crippen molar-refractivity contribution in [2.45, 2.75) is 72.1 Å². The van der Waals surface area contributed by atoms with E-state index in [-0.39, 0.29) is 16.8 Å². The van der Waals surface area contributed by atoms with Gasteiger partial charge in [-0.15, -0.1) is 0 Å². The zero-order chi connectivity index (χ0) is 19.8. The van der Waals surface area contributed by atoms with Crippen LogP contribution in [0.25, 0.3) is 0 Å².